The third-order valence-corrected chi connectivity index (χ3v) is 5.26. The fourth-order valence-corrected chi connectivity index (χ4v) is 3.71. The highest BCUT2D eigenvalue weighted by molar-refractivity contribution is 5.83. The molecule has 0 saturated carbocycles. The van der Waals surface area contributed by atoms with Gasteiger partial charge in [0.25, 0.3) is 5.91 Å². The van der Waals surface area contributed by atoms with E-state index in [2.05, 4.69) is 15.3 Å². The maximum absolute atomic E-state index is 12.6. The molecule has 0 radical (unpaired) electrons. The highest BCUT2D eigenvalue weighted by atomic mass is 19.4. The molecular weight excluding hydrogens is 407 g/mol. The van der Waals surface area contributed by atoms with E-state index in [9.17, 15) is 22.8 Å². The van der Waals surface area contributed by atoms with E-state index in [4.69, 9.17) is 9.84 Å². The van der Waals surface area contributed by atoms with Crippen LogP contribution >= 0.6 is 0 Å². The number of carbonyl (C=O) groups is 2. The number of ether oxygens (including phenoxy) is 1. The molecule has 1 aromatic heterocycles. The predicted octanol–water partition coefficient (Wildman–Crippen LogP) is 1.74. The van der Waals surface area contributed by atoms with Gasteiger partial charge in [-0.05, 0) is 19.8 Å². The monoisotopic (exact) mass is 431 g/mol. The van der Waals surface area contributed by atoms with Crippen LogP contribution in [0.4, 0.5) is 23.9 Å². The van der Waals surface area contributed by atoms with E-state index >= 15 is 0 Å². The van der Waals surface area contributed by atoms with Crippen LogP contribution in [0.2, 0.25) is 0 Å². The van der Waals surface area contributed by atoms with Gasteiger partial charge in [-0.1, -0.05) is 0 Å². The quantitative estimate of drug-likeness (QED) is 0.706. The van der Waals surface area contributed by atoms with Crippen LogP contribution in [-0.2, 0) is 15.7 Å². The largest absolute Gasteiger partial charge is 0.465 e. The second-order valence-electron chi connectivity index (χ2n) is 7.48. The van der Waals surface area contributed by atoms with Gasteiger partial charge in [0.1, 0.15) is 6.10 Å². The average Bonchev–Trinajstić information content (AvgIpc) is 3.06. The van der Waals surface area contributed by atoms with Crippen molar-refractivity contribution >= 4 is 17.9 Å². The molecule has 0 spiro atoms. The lowest BCUT2D eigenvalue weighted by Crippen LogP contribution is -2.47. The van der Waals surface area contributed by atoms with E-state index in [1.165, 1.54) is 0 Å². The molecule has 3 rings (SSSR count). The maximum Gasteiger partial charge on any atom is 0.419 e. The number of carboxylic acid groups (broad SMARTS) is 1. The second-order valence-corrected chi connectivity index (χ2v) is 7.48. The number of amides is 2. The molecule has 1 aromatic rings. The maximum atomic E-state index is 12.6. The van der Waals surface area contributed by atoms with Crippen molar-refractivity contribution in [3.05, 3.63) is 18.0 Å². The lowest BCUT2D eigenvalue weighted by Gasteiger charge is -2.36. The van der Waals surface area contributed by atoms with Gasteiger partial charge in [0.15, 0.2) is 0 Å². The number of anilines is 1. The highest BCUT2D eigenvalue weighted by Crippen LogP contribution is 2.29. The molecule has 2 saturated heterocycles. The molecule has 2 amide bonds. The Morgan fingerprint density at radius 3 is 2.47 bits per heavy atom. The number of rotatable bonds is 6. The number of nitrogens with zero attached hydrogens (tertiary/aromatic N) is 4. The van der Waals surface area contributed by atoms with E-state index in [-0.39, 0.29) is 24.5 Å². The number of likely N-dealkylation sites (tertiary alicyclic amines) is 1. The normalized spacial score (nSPS) is 21.7. The molecule has 2 fully saturated rings. The summed E-state index contributed by atoms with van der Waals surface area (Å²) in [6.45, 7) is 3.39. The minimum atomic E-state index is -4.47. The summed E-state index contributed by atoms with van der Waals surface area (Å²) in [5.74, 6) is 0.136. The molecule has 2 N–H and O–H groups in total. The van der Waals surface area contributed by atoms with Crippen molar-refractivity contribution in [3.8, 4) is 0 Å². The standard InChI is InChI=1S/C18H24F3N5O4/c1-11(24-17(28)29)10-30-14-4-7-26(15(14)27)13-2-5-25(6-3-13)16-22-8-12(9-23-16)18(19,20)21/h8-9,11,13-14,24H,2-7,10H2,1H3,(H,28,29). The summed E-state index contributed by atoms with van der Waals surface area (Å²) in [4.78, 5) is 34.5. The summed E-state index contributed by atoms with van der Waals surface area (Å²) < 4.78 is 43.5. The van der Waals surface area contributed by atoms with Crippen molar-refractivity contribution in [1.82, 2.24) is 20.2 Å². The smallest absolute Gasteiger partial charge is 0.419 e. The van der Waals surface area contributed by atoms with Crippen molar-refractivity contribution < 1.29 is 32.6 Å². The molecule has 30 heavy (non-hydrogen) atoms. The number of alkyl halides is 3. The first kappa shape index (κ1) is 22.1. The lowest BCUT2D eigenvalue weighted by molar-refractivity contribution is -0.140. The summed E-state index contributed by atoms with van der Waals surface area (Å²) in [5, 5.41) is 11.0. The van der Waals surface area contributed by atoms with E-state index in [0.29, 0.717) is 38.9 Å². The Morgan fingerprint density at radius 1 is 1.27 bits per heavy atom. The van der Waals surface area contributed by atoms with Crippen molar-refractivity contribution in [2.24, 2.45) is 0 Å². The topological polar surface area (TPSA) is 108 Å². The van der Waals surface area contributed by atoms with Crippen LogP contribution in [0.25, 0.3) is 0 Å². The average molecular weight is 431 g/mol. The van der Waals surface area contributed by atoms with Crippen LogP contribution in [0, 0.1) is 0 Å². The van der Waals surface area contributed by atoms with E-state index in [1.54, 1.807) is 11.8 Å². The molecule has 9 nitrogen and oxygen atoms in total. The summed E-state index contributed by atoms with van der Waals surface area (Å²) >= 11 is 0. The van der Waals surface area contributed by atoms with Crippen LogP contribution in [0.15, 0.2) is 12.4 Å². The Hall–Kier alpha value is -2.63. The van der Waals surface area contributed by atoms with Crippen molar-refractivity contribution in [1.29, 1.82) is 0 Å². The summed E-state index contributed by atoms with van der Waals surface area (Å²) in [6, 6.07) is -0.400. The van der Waals surface area contributed by atoms with E-state index in [1.807, 2.05) is 4.90 Å². The number of carbonyl (C=O) groups excluding carboxylic acids is 1. The Morgan fingerprint density at radius 2 is 1.90 bits per heavy atom. The molecule has 3 heterocycles. The molecule has 0 aromatic carbocycles. The van der Waals surface area contributed by atoms with Crippen LogP contribution in [0.1, 0.15) is 31.7 Å². The van der Waals surface area contributed by atoms with E-state index in [0.717, 1.165) is 12.4 Å². The van der Waals surface area contributed by atoms with Crippen LogP contribution in [-0.4, -0.2) is 76.4 Å². The first-order valence-corrected chi connectivity index (χ1v) is 9.71. The minimum Gasteiger partial charge on any atom is -0.465 e. The summed E-state index contributed by atoms with van der Waals surface area (Å²) in [7, 11) is 0. The molecule has 166 valence electrons. The first-order chi connectivity index (χ1) is 14.1. The third kappa shape index (κ3) is 5.29. The SMILES string of the molecule is CC(COC1CCN(C2CCN(c3ncc(C(F)(F)F)cn3)CC2)C1=O)NC(=O)O. The molecule has 2 unspecified atom stereocenters. The molecule has 0 aliphatic carbocycles. The first-order valence-electron chi connectivity index (χ1n) is 9.71. The highest BCUT2D eigenvalue weighted by Gasteiger charge is 2.38. The number of nitrogens with one attached hydrogen (secondary N) is 1. The Bertz CT molecular complexity index is 753. The Kier molecular flexibility index (Phi) is 6.64. The number of hydrogen-bond acceptors (Lipinski definition) is 6. The van der Waals surface area contributed by atoms with Crippen molar-refractivity contribution in [2.45, 2.75) is 50.6 Å². The fraction of sp³-hybridized carbons (Fsp3) is 0.667. The van der Waals surface area contributed by atoms with Gasteiger partial charge >= 0.3 is 12.3 Å². The number of piperidine rings is 1. The molecule has 0 bridgehead atoms. The van der Waals surface area contributed by atoms with Gasteiger partial charge in [-0.25, -0.2) is 14.8 Å². The third-order valence-electron chi connectivity index (χ3n) is 5.26. The van der Waals surface area contributed by atoms with Crippen molar-refractivity contribution in [3.63, 3.8) is 0 Å². The van der Waals surface area contributed by atoms with Gasteiger partial charge in [-0.15, -0.1) is 0 Å². The zero-order chi connectivity index (χ0) is 21.9. The minimum absolute atomic E-state index is 0.0198. The predicted molar refractivity (Wildman–Crippen MR) is 99.0 cm³/mol. The molecule has 2 atom stereocenters. The second kappa shape index (κ2) is 9.02. The summed E-state index contributed by atoms with van der Waals surface area (Å²) in [5.41, 5.74) is -0.886. The van der Waals surface area contributed by atoms with Gasteiger partial charge in [0.05, 0.1) is 18.2 Å². The fourth-order valence-electron chi connectivity index (χ4n) is 3.71. The zero-order valence-corrected chi connectivity index (χ0v) is 16.4. The zero-order valence-electron chi connectivity index (χ0n) is 16.4. The molecular formula is C18H24F3N5O4. The number of hydrogen-bond donors (Lipinski definition) is 2. The Balaban J connectivity index is 1.48. The molecule has 12 heteroatoms. The van der Waals surface area contributed by atoms with Gasteiger partial charge < -0.3 is 25.0 Å². The van der Waals surface area contributed by atoms with Crippen LogP contribution in [0.5, 0.6) is 0 Å². The number of halogens is 3. The van der Waals surface area contributed by atoms with E-state index < -0.39 is 30.0 Å². The lowest BCUT2D eigenvalue weighted by atomic mass is 10.0. The van der Waals surface area contributed by atoms with Crippen LogP contribution in [0.3, 0.4) is 0 Å². The molecule has 2 aliphatic heterocycles. The van der Waals surface area contributed by atoms with Gasteiger partial charge in [0, 0.05) is 44.5 Å². The molecule has 2 aliphatic rings. The van der Waals surface area contributed by atoms with Crippen molar-refractivity contribution in [2.75, 3.05) is 31.1 Å². The summed E-state index contributed by atoms with van der Waals surface area (Å²) in [6.07, 6.45) is -2.79. The Labute approximate surface area is 171 Å². The van der Waals surface area contributed by atoms with Gasteiger partial charge in [0.2, 0.25) is 5.95 Å². The number of aromatic nitrogens is 2. The van der Waals surface area contributed by atoms with Gasteiger partial charge in [-0.3, -0.25) is 4.79 Å². The van der Waals surface area contributed by atoms with Crippen LogP contribution < -0.4 is 10.2 Å². The van der Waals surface area contributed by atoms with Gasteiger partial charge in [-0.2, -0.15) is 13.2 Å².